The first-order chi connectivity index (χ1) is 12.1. The lowest BCUT2D eigenvalue weighted by Crippen LogP contribution is -2.19. The molecule has 3 rings (SSSR count). The van der Waals surface area contributed by atoms with Gasteiger partial charge in [-0.2, -0.15) is 0 Å². The number of nitrogens with one attached hydrogen (secondary N) is 3. The van der Waals surface area contributed by atoms with Gasteiger partial charge >= 0.3 is 0 Å². The molecule has 0 spiro atoms. The number of hydrogen-bond acceptors (Lipinski definition) is 5. The molecule has 1 unspecified atom stereocenters. The maximum atomic E-state index is 12.3. The van der Waals surface area contributed by atoms with Crippen molar-refractivity contribution in [3.05, 3.63) is 46.5 Å². The Hall–Kier alpha value is -2.25. The van der Waals surface area contributed by atoms with Crippen LogP contribution in [0.1, 0.15) is 27.2 Å². The number of carbonyl (C=O) groups excluding carboxylic acids is 2. The maximum absolute atomic E-state index is 12.3. The van der Waals surface area contributed by atoms with E-state index in [4.69, 9.17) is 0 Å². The highest BCUT2D eigenvalue weighted by atomic mass is 32.1. The Morgan fingerprint density at radius 3 is 2.80 bits per heavy atom. The number of thiazole rings is 1. The lowest BCUT2D eigenvalue weighted by atomic mass is 9.98. The second-order valence-electron chi connectivity index (χ2n) is 6.20. The molecule has 1 saturated heterocycles. The number of likely N-dealkylation sites (N-methyl/N-ethyl adjacent to an activating group) is 1. The van der Waals surface area contributed by atoms with Gasteiger partial charge in [0.15, 0.2) is 5.13 Å². The Morgan fingerprint density at radius 1 is 1.32 bits per heavy atom. The zero-order valence-corrected chi connectivity index (χ0v) is 15.0. The molecule has 25 heavy (non-hydrogen) atoms. The fraction of sp³-hybridized carbons (Fsp3) is 0.389. The SMILES string of the molecule is CNC(=O)Cc1cnc(NC(=O)c2ccc(CC3CCNC3)cc2)s1. The van der Waals surface area contributed by atoms with Gasteiger partial charge in [-0.3, -0.25) is 14.9 Å². The molecule has 132 valence electrons. The predicted molar refractivity (Wildman–Crippen MR) is 99.0 cm³/mol. The number of benzene rings is 1. The molecule has 6 nitrogen and oxygen atoms in total. The summed E-state index contributed by atoms with van der Waals surface area (Å²) in [6.07, 6.45) is 4.15. The fourth-order valence-electron chi connectivity index (χ4n) is 2.88. The van der Waals surface area contributed by atoms with Crippen molar-refractivity contribution in [2.45, 2.75) is 19.3 Å². The fourth-order valence-corrected chi connectivity index (χ4v) is 3.68. The number of anilines is 1. The van der Waals surface area contributed by atoms with E-state index in [0.29, 0.717) is 16.6 Å². The molecule has 1 fully saturated rings. The van der Waals surface area contributed by atoms with Crippen LogP contribution >= 0.6 is 11.3 Å². The average Bonchev–Trinajstić information content (AvgIpc) is 3.27. The maximum Gasteiger partial charge on any atom is 0.257 e. The lowest BCUT2D eigenvalue weighted by Gasteiger charge is -2.08. The molecule has 1 aliphatic heterocycles. The topological polar surface area (TPSA) is 83.1 Å². The second-order valence-corrected chi connectivity index (χ2v) is 7.31. The summed E-state index contributed by atoms with van der Waals surface area (Å²) in [5.41, 5.74) is 1.86. The highest BCUT2D eigenvalue weighted by molar-refractivity contribution is 7.15. The van der Waals surface area contributed by atoms with E-state index in [1.807, 2.05) is 24.3 Å². The predicted octanol–water partition coefficient (Wildman–Crippen LogP) is 1.84. The molecular formula is C18H22N4O2S. The summed E-state index contributed by atoms with van der Waals surface area (Å²) in [6.45, 7) is 2.17. The molecule has 0 saturated carbocycles. The van der Waals surface area contributed by atoms with E-state index in [1.165, 1.54) is 23.3 Å². The zero-order valence-electron chi connectivity index (χ0n) is 14.2. The van der Waals surface area contributed by atoms with Crippen molar-refractivity contribution in [3.63, 3.8) is 0 Å². The van der Waals surface area contributed by atoms with Gasteiger partial charge in [-0.1, -0.05) is 12.1 Å². The van der Waals surface area contributed by atoms with Gasteiger partial charge in [-0.25, -0.2) is 4.98 Å². The molecule has 2 aromatic rings. The first-order valence-electron chi connectivity index (χ1n) is 8.40. The van der Waals surface area contributed by atoms with Gasteiger partial charge in [0.25, 0.3) is 5.91 Å². The number of carbonyl (C=O) groups is 2. The third-order valence-electron chi connectivity index (χ3n) is 4.29. The molecule has 0 bridgehead atoms. The van der Waals surface area contributed by atoms with E-state index >= 15 is 0 Å². The van der Waals surface area contributed by atoms with Crippen LogP contribution in [0, 0.1) is 5.92 Å². The largest absolute Gasteiger partial charge is 0.359 e. The minimum absolute atomic E-state index is 0.0745. The molecular weight excluding hydrogens is 336 g/mol. The normalized spacial score (nSPS) is 16.6. The minimum Gasteiger partial charge on any atom is -0.359 e. The summed E-state index contributed by atoms with van der Waals surface area (Å²) < 4.78 is 0. The van der Waals surface area contributed by atoms with Crippen LogP contribution in [0.2, 0.25) is 0 Å². The Bertz CT molecular complexity index is 736. The Balaban J connectivity index is 1.56. The highest BCUT2D eigenvalue weighted by Crippen LogP contribution is 2.20. The van der Waals surface area contributed by atoms with Crippen LogP contribution in [0.15, 0.2) is 30.5 Å². The highest BCUT2D eigenvalue weighted by Gasteiger charge is 2.15. The van der Waals surface area contributed by atoms with E-state index in [2.05, 4.69) is 20.9 Å². The van der Waals surface area contributed by atoms with Crippen LogP contribution in [-0.2, 0) is 17.6 Å². The zero-order chi connectivity index (χ0) is 17.6. The second kappa shape index (κ2) is 8.22. The van der Waals surface area contributed by atoms with Crippen LogP contribution < -0.4 is 16.0 Å². The molecule has 7 heteroatoms. The van der Waals surface area contributed by atoms with Gasteiger partial charge in [0.2, 0.25) is 5.91 Å². The summed E-state index contributed by atoms with van der Waals surface area (Å²) in [4.78, 5) is 28.7. The number of aromatic nitrogens is 1. The van der Waals surface area contributed by atoms with Crippen LogP contribution in [0.5, 0.6) is 0 Å². The van der Waals surface area contributed by atoms with Crippen LogP contribution in [0.25, 0.3) is 0 Å². The Morgan fingerprint density at radius 2 is 2.12 bits per heavy atom. The molecule has 1 atom stereocenters. The van der Waals surface area contributed by atoms with Gasteiger partial charge in [-0.05, 0) is 49.5 Å². The molecule has 1 aliphatic rings. The first kappa shape index (κ1) is 17.6. The van der Waals surface area contributed by atoms with E-state index in [0.717, 1.165) is 24.4 Å². The smallest absolute Gasteiger partial charge is 0.257 e. The van der Waals surface area contributed by atoms with Crippen molar-refractivity contribution in [1.82, 2.24) is 15.6 Å². The monoisotopic (exact) mass is 358 g/mol. The van der Waals surface area contributed by atoms with E-state index in [1.54, 1.807) is 13.2 Å². The van der Waals surface area contributed by atoms with E-state index < -0.39 is 0 Å². The Kier molecular flexibility index (Phi) is 5.78. The molecule has 0 radical (unpaired) electrons. The number of rotatable bonds is 6. The third kappa shape index (κ3) is 4.87. The van der Waals surface area contributed by atoms with Crippen molar-refractivity contribution in [3.8, 4) is 0 Å². The van der Waals surface area contributed by atoms with Gasteiger partial charge in [0, 0.05) is 23.7 Å². The van der Waals surface area contributed by atoms with Crippen LogP contribution in [0.3, 0.4) is 0 Å². The van der Waals surface area contributed by atoms with Crippen LogP contribution in [0.4, 0.5) is 5.13 Å². The molecule has 0 aliphatic carbocycles. The summed E-state index contributed by atoms with van der Waals surface area (Å²) in [5.74, 6) is 0.429. The third-order valence-corrected chi connectivity index (χ3v) is 5.20. The van der Waals surface area contributed by atoms with Crippen molar-refractivity contribution >= 4 is 28.3 Å². The minimum atomic E-state index is -0.185. The van der Waals surface area contributed by atoms with E-state index in [-0.39, 0.29) is 18.2 Å². The van der Waals surface area contributed by atoms with Gasteiger partial charge in [-0.15, -0.1) is 11.3 Å². The van der Waals surface area contributed by atoms with Crippen molar-refractivity contribution < 1.29 is 9.59 Å². The summed E-state index contributed by atoms with van der Waals surface area (Å²) >= 11 is 1.31. The molecule has 1 aromatic heterocycles. The summed E-state index contributed by atoms with van der Waals surface area (Å²) in [6, 6.07) is 7.75. The molecule has 2 heterocycles. The quantitative estimate of drug-likeness (QED) is 0.736. The van der Waals surface area contributed by atoms with Gasteiger partial charge < -0.3 is 10.6 Å². The standard InChI is InChI=1S/C18H22N4O2S/c1-19-16(23)9-15-11-21-18(25-15)22-17(24)14-4-2-12(3-5-14)8-13-6-7-20-10-13/h2-5,11,13,20H,6-10H2,1H3,(H,19,23)(H,21,22,24). The molecule has 1 aromatic carbocycles. The molecule has 3 N–H and O–H groups in total. The van der Waals surface area contributed by atoms with Crippen LogP contribution in [-0.4, -0.2) is 36.9 Å². The van der Waals surface area contributed by atoms with Crippen molar-refractivity contribution in [1.29, 1.82) is 0 Å². The van der Waals surface area contributed by atoms with Gasteiger partial charge in [0.05, 0.1) is 6.42 Å². The van der Waals surface area contributed by atoms with Crippen molar-refractivity contribution in [2.75, 3.05) is 25.5 Å². The molecule has 2 amide bonds. The van der Waals surface area contributed by atoms with Crippen molar-refractivity contribution in [2.24, 2.45) is 5.92 Å². The number of nitrogens with zero attached hydrogens (tertiary/aromatic N) is 1. The number of amides is 2. The average molecular weight is 358 g/mol. The first-order valence-corrected chi connectivity index (χ1v) is 9.22. The summed E-state index contributed by atoms with van der Waals surface area (Å²) in [7, 11) is 1.60. The summed E-state index contributed by atoms with van der Waals surface area (Å²) in [5, 5.41) is 9.23. The Labute approximate surface area is 151 Å². The lowest BCUT2D eigenvalue weighted by molar-refractivity contribution is -0.119. The van der Waals surface area contributed by atoms with Gasteiger partial charge in [0.1, 0.15) is 0 Å². The van der Waals surface area contributed by atoms with E-state index in [9.17, 15) is 9.59 Å². The number of hydrogen-bond donors (Lipinski definition) is 3.